The zero-order valence-electron chi connectivity index (χ0n) is 13.2. The minimum absolute atomic E-state index is 0.0252. The molecule has 2 unspecified atom stereocenters. The number of ether oxygens (including phenoxy) is 1. The summed E-state index contributed by atoms with van der Waals surface area (Å²) in [7, 11) is 0. The molecule has 144 valence electrons. The van der Waals surface area contributed by atoms with Gasteiger partial charge in [0.05, 0.1) is 5.92 Å². The molecule has 1 saturated heterocycles. The average molecular weight is 382 g/mol. The van der Waals surface area contributed by atoms with Crippen molar-refractivity contribution in [3.8, 4) is 5.75 Å². The van der Waals surface area contributed by atoms with Gasteiger partial charge in [-0.15, -0.1) is 0 Å². The van der Waals surface area contributed by atoms with Gasteiger partial charge in [-0.05, 0) is 12.5 Å². The SMILES string of the molecule is O=C(O)C1CCN(C(=O)NC(c2ccccc2OC(F)F)C(F)(F)F)C1. The molecule has 0 aromatic heterocycles. The van der Waals surface area contributed by atoms with Crippen LogP contribution in [0.3, 0.4) is 0 Å². The van der Waals surface area contributed by atoms with Gasteiger partial charge in [-0.1, -0.05) is 18.2 Å². The molecular formula is C15H15F5N2O4. The summed E-state index contributed by atoms with van der Waals surface area (Å²) in [6.45, 7) is -3.60. The molecule has 2 atom stereocenters. The molecule has 1 aromatic carbocycles. The third-order valence-corrected chi connectivity index (χ3v) is 3.87. The number of halogens is 5. The third kappa shape index (κ3) is 4.73. The Hall–Kier alpha value is -2.59. The largest absolute Gasteiger partial charge is 0.481 e. The van der Waals surface area contributed by atoms with Gasteiger partial charge in [0.15, 0.2) is 6.04 Å². The van der Waals surface area contributed by atoms with Gasteiger partial charge in [0, 0.05) is 18.7 Å². The summed E-state index contributed by atoms with van der Waals surface area (Å²) in [4.78, 5) is 23.9. The molecule has 6 nitrogen and oxygen atoms in total. The molecule has 1 aromatic rings. The number of carbonyl (C=O) groups excluding carboxylic acids is 1. The van der Waals surface area contributed by atoms with Gasteiger partial charge in [-0.2, -0.15) is 22.0 Å². The van der Waals surface area contributed by atoms with Crippen LogP contribution >= 0.6 is 0 Å². The number of urea groups is 1. The summed E-state index contributed by atoms with van der Waals surface area (Å²) in [5.74, 6) is -2.72. The van der Waals surface area contributed by atoms with E-state index in [0.29, 0.717) is 0 Å². The number of para-hydroxylation sites is 1. The molecule has 11 heteroatoms. The summed E-state index contributed by atoms with van der Waals surface area (Å²) >= 11 is 0. The highest BCUT2D eigenvalue weighted by Gasteiger charge is 2.45. The molecule has 2 rings (SSSR count). The predicted octanol–water partition coefficient (Wildman–Crippen LogP) is 3.01. The Morgan fingerprint density at radius 2 is 1.92 bits per heavy atom. The van der Waals surface area contributed by atoms with Crippen molar-refractivity contribution in [2.75, 3.05) is 13.1 Å². The smallest absolute Gasteiger partial charge is 0.413 e. The van der Waals surface area contributed by atoms with E-state index in [0.717, 1.165) is 17.0 Å². The van der Waals surface area contributed by atoms with E-state index >= 15 is 0 Å². The molecular weight excluding hydrogens is 367 g/mol. The zero-order valence-corrected chi connectivity index (χ0v) is 13.2. The van der Waals surface area contributed by atoms with Crippen molar-refractivity contribution >= 4 is 12.0 Å². The van der Waals surface area contributed by atoms with E-state index in [1.165, 1.54) is 12.1 Å². The van der Waals surface area contributed by atoms with Crippen molar-refractivity contribution < 1.29 is 41.4 Å². The second-order valence-corrected chi connectivity index (χ2v) is 5.61. The molecule has 0 saturated carbocycles. The first-order valence-electron chi connectivity index (χ1n) is 7.48. The Kier molecular flexibility index (Phi) is 5.88. The summed E-state index contributed by atoms with van der Waals surface area (Å²) in [6.07, 6.45) is -4.87. The van der Waals surface area contributed by atoms with Crippen LogP contribution in [0.25, 0.3) is 0 Å². The molecule has 1 heterocycles. The van der Waals surface area contributed by atoms with Gasteiger partial charge < -0.3 is 20.1 Å². The van der Waals surface area contributed by atoms with Crippen molar-refractivity contribution in [1.82, 2.24) is 10.2 Å². The van der Waals surface area contributed by atoms with Crippen molar-refractivity contribution in [3.05, 3.63) is 29.8 Å². The molecule has 0 spiro atoms. The van der Waals surface area contributed by atoms with Crippen LogP contribution in [0.15, 0.2) is 24.3 Å². The maximum absolute atomic E-state index is 13.4. The van der Waals surface area contributed by atoms with Crippen LogP contribution in [0.5, 0.6) is 5.75 Å². The second-order valence-electron chi connectivity index (χ2n) is 5.61. The molecule has 1 aliphatic rings. The highest BCUT2D eigenvalue weighted by atomic mass is 19.4. The fourth-order valence-electron chi connectivity index (χ4n) is 2.62. The number of nitrogens with one attached hydrogen (secondary N) is 1. The molecule has 0 aliphatic carbocycles. The molecule has 26 heavy (non-hydrogen) atoms. The first-order chi connectivity index (χ1) is 12.1. The van der Waals surface area contributed by atoms with Gasteiger partial charge in [0.2, 0.25) is 0 Å². The fraction of sp³-hybridized carbons (Fsp3) is 0.467. The molecule has 2 amide bonds. The topological polar surface area (TPSA) is 78.9 Å². The monoisotopic (exact) mass is 382 g/mol. The first kappa shape index (κ1) is 19.7. The number of rotatable bonds is 5. The third-order valence-electron chi connectivity index (χ3n) is 3.87. The number of likely N-dealkylation sites (tertiary alicyclic amines) is 1. The van der Waals surface area contributed by atoms with Crippen LogP contribution in [-0.4, -0.2) is 47.9 Å². The Labute approximate surface area is 144 Å². The van der Waals surface area contributed by atoms with Crippen molar-refractivity contribution in [2.45, 2.75) is 25.3 Å². The van der Waals surface area contributed by atoms with Crippen LogP contribution in [0, 0.1) is 5.92 Å². The summed E-state index contributed by atoms with van der Waals surface area (Å²) in [5.41, 5.74) is -0.678. The van der Waals surface area contributed by atoms with Crippen molar-refractivity contribution in [3.63, 3.8) is 0 Å². The molecule has 0 radical (unpaired) electrons. The molecule has 0 bridgehead atoms. The molecule has 2 N–H and O–H groups in total. The zero-order chi connectivity index (χ0) is 19.5. The van der Waals surface area contributed by atoms with Crippen molar-refractivity contribution in [1.29, 1.82) is 0 Å². The first-order valence-corrected chi connectivity index (χ1v) is 7.48. The summed E-state index contributed by atoms with van der Waals surface area (Å²) < 4.78 is 69.2. The number of carboxylic acids is 1. The summed E-state index contributed by atoms with van der Waals surface area (Å²) in [6, 6.07) is 0.531. The Morgan fingerprint density at radius 3 is 2.46 bits per heavy atom. The van der Waals surface area contributed by atoms with E-state index in [1.807, 2.05) is 0 Å². The normalized spacial score (nSPS) is 18.7. The Balaban J connectivity index is 2.22. The summed E-state index contributed by atoms with van der Waals surface area (Å²) in [5, 5.41) is 10.6. The fourth-order valence-corrected chi connectivity index (χ4v) is 2.62. The maximum Gasteiger partial charge on any atom is 0.413 e. The highest BCUT2D eigenvalue weighted by Crippen LogP contribution is 2.38. The van der Waals surface area contributed by atoms with E-state index in [1.54, 1.807) is 5.32 Å². The van der Waals surface area contributed by atoms with Crippen LogP contribution in [0.2, 0.25) is 0 Å². The Bertz CT molecular complexity index is 668. The lowest BCUT2D eigenvalue weighted by Crippen LogP contribution is -2.45. The van der Waals surface area contributed by atoms with E-state index in [-0.39, 0.29) is 19.5 Å². The van der Waals surface area contributed by atoms with Gasteiger partial charge in [-0.3, -0.25) is 4.79 Å². The van der Waals surface area contributed by atoms with Gasteiger partial charge in [-0.25, -0.2) is 4.79 Å². The van der Waals surface area contributed by atoms with Crippen LogP contribution in [-0.2, 0) is 4.79 Å². The molecule has 1 fully saturated rings. The second kappa shape index (κ2) is 7.75. The van der Waals surface area contributed by atoms with E-state index < -0.39 is 48.1 Å². The van der Waals surface area contributed by atoms with Gasteiger partial charge >= 0.3 is 24.8 Å². The average Bonchev–Trinajstić information content (AvgIpc) is 3.02. The lowest BCUT2D eigenvalue weighted by molar-refractivity contribution is -0.156. The van der Waals surface area contributed by atoms with Crippen LogP contribution < -0.4 is 10.1 Å². The predicted molar refractivity (Wildman–Crippen MR) is 77.7 cm³/mol. The minimum atomic E-state index is -4.98. The van der Waals surface area contributed by atoms with Gasteiger partial charge in [0.25, 0.3) is 0 Å². The Morgan fingerprint density at radius 1 is 1.27 bits per heavy atom. The minimum Gasteiger partial charge on any atom is -0.481 e. The number of carboxylic acid groups (broad SMARTS) is 1. The van der Waals surface area contributed by atoms with Crippen molar-refractivity contribution in [2.24, 2.45) is 5.92 Å². The lowest BCUT2D eigenvalue weighted by atomic mass is 10.1. The van der Waals surface area contributed by atoms with E-state index in [9.17, 15) is 31.5 Å². The number of hydrogen-bond acceptors (Lipinski definition) is 3. The number of nitrogens with zero attached hydrogens (tertiary/aromatic N) is 1. The van der Waals surface area contributed by atoms with Crippen LogP contribution in [0.4, 0.5) is 26.7 Å². The van der Waals surface area contributed by atoms with E-state index in [4.69, 9.17) is 5.11 Å². The number of benzene rings is 1. The quantitative estimate of drug-likeness (QED) is 0.768. The molecule has 1 aliphatic heterocycles. The number of amides is 2. The highest BCUT2D eigenvalue weighted by molar-refractivity contribution is 5.78. The maximum atomic E-state index is 13.4. The number of aliphatic carboxylic acids is 1. The lowest BCUT2D eigenvalue weighted by Gasteiger charge is -2.26. The van der Waals surface area contributed by atoms with E-state index in [2.05, 4.69) is 4.74 Å². The number of carbonyl (C=O) groups is 2. The van der Waals surface area contributed by atoms with Gasteiger partial charge in [0.1, 0.15) is 5.75 Å². The number of alkyl halides is 5. The van der Waals surface area contributed by atoms with Crippen LogP contribution in [0.1, 0.15) is 18.0 Å². The standard InChI is InChI=1S/C15H15F5N2O4/c16-13(17)26-10-4-2-1-3-9(10)11(15(18,19)20)21-14(25)22-6-5-8(7-22)12(23)24/h1-4,8,11,13H,5-7H2,(H,21,25)(H,23,24). The number of hydrogen-bond donors (Lipinski definition) is 2.